The van der Waals surface area contributed by atoms with Crippen molar-refractivity contribution in [3.8, 4) is 5.75 Å². The summed E-state index contributed by atoms with van der Waals surface area (Å²) in [5.41, 5.74) is 0.00656. The van der Waals surface area contributed by atoms with E-state index in [-0.39, 0.29) is 23.3 Å². The van der Waals surface area contributed by atoms with Gasteiger partial charge in [-0.1, -0.05) is 0 Å². The lowest BCUT2D eigenvalue weighted by Crippen LogP contribution is -2.36. The lowest BCUT2D eigenvalue weighted by atomic mass is 9.97. The van der Waals surface area contributed by atoms with Crippen molar-refractivity contribution in [3.63, 3.8) is 0 Å². The van der Waals surface area contributed by atoms with E-state index in [2.05, 4.69) is 18.6 Å². The van der Waals surface area contributed by atoms with Gasteiger partial charge in [0.15, 0.2) is 0 Å². The Morgan fingerprint density at radius 3 is 2.25 bits per heavy atom. The molecule has 0 bridgehead atoms. The molecular weight excluding hydrogens is 256 g/mol. The van der Waals surface area contributed by atoms with Crippen LogP contribution < -0.4 is 4.74 Å². The van der Waals surface area contributed by atoms with Gasteiger partial charge < -0.3 is 14.2 Å². The number of methoxy groups -OCH3 is 1. The van der Waals surface area contributed by atoms with Crippen LogP contribution in [0.4, 0.5) is 0 Å². The summed E-state index contributed by atoms with van der Waals surface area (Å²) in [4.78, 5) is 11.4. The largest absolute Gasteiger partial charge is 0.487 e. The molecule has 4 nitrogen and oxygen atoms in total. The maximum absolute atomic E-state index is 11.4. The molecule has 1 saturated heterocycles. The summed E-state index contributed by atoms with van der Waals surface area (Å²) in [6.07, 6.45) is 0.820. The summed E-state index contributed by atoms with van der Waals surface area (Å²) in [5.74, 6) is 0.388. The zero-order chi connectivity index (χ0) is 15.0. The number of hydrogen-bond donors (Lipinski definition) is 0. The summed E-state index contributed by atoms with van der Waals surface area (Å²) in [5, 5.41) is 0. The molecule has 1 heterocycles. The highest BCUT2D eigenvalue weighted by Gasteiger charge is 2.47. The second-order valence-electron chi connectivity index (χ2n) is 6.29. The molecule has 0 radical (unpaired) electrons. The van der Waals surface area contributed by atoms with Crippen LogP contribution in [0.15, 0.2) is 24.3 Å². The van der Waals surface area contributed by atoms with Gasteiger partial charge in [0.2, 0.25) is 0 Å². The highest BCUT2D eigenvalue weighted by Crippen LogP contribution is 2.39. The van der Waals surface area contributed by atoms with E-state index >= 15 is 0 Å². The fourth-order valence-electron chi connectivity index (χ4n) is 2.65. The predicted molar refractivity (Wildman–Crippen MR) is 76.1 cm³/mol. The minimum Gasteiger partial charge on any atom is -0.487 e. The molecule has 1 aromatic rings. The highest BCUT2D eigenvalue weighted by molar-refractivity contribution is 5.89. The molecular formula is C16H22O4. The SMILES string of the molecule is COC(=O)c1ccc(OC2CC(C)(C)OC2(C)C)cc1. The van der Waals surface area contributed by atoms with Gasteiger partial charge in [-0.2, -0.15) is 0 Å². The molecule has 0 amide bonds. The van der Waals surface area contributed by atoms with Crippen LogP contribution in [0.5, 0.6) is 5.75 Å². The molecule has 1 aromatic carbocycles. The van der Waals surface area contributed by atoms with Crippen LogP contribution in [-0.4, -0.2) is 30.4 Å². The molecule has 1 aliphatic rings. The zero-order valence-corrected chi connectivity index (χ0v) is 12.7. The Labute approximate surface area is 120 Å². The Hall–Kier alpha value is -1.55. The van der Waals surface area contributed by atoms with E-state index in [1.807, 2.05) is 13.8 Å². The summed E-state index contributed by atoms with van der Waals surface area (Å²) >= 11 is 0. The first kappa shape index (κ1) is 14.9. The van der Waals surface area contributed by atoms with Crippen molar-refractivity contribution in [2.24, 2.45) is 0 Å². The first-order valence-corrected chi connectivity index (χ1v) is 6.79. The smallest absolute Gasteiger partial charge is 0.337 e. The third-order valence-electron chi connectivity index (χ3n) is 3.55. The molecule has 4 heteroatoms. The lowest BCUT2D eigenvalue weighted by molar-refractivity contribution is -0.0846. The number of hydrogen-bond acceptors (Lipinski definition) is 4. The first-order valence-electron chi connectivity index (χ1n) is 6.79. The Kier molecular flexibility index (Phi) is 3.78. The standard InChI is InChI=1S/C16H22O4/c1-15(2)10-13(16(3,4)20-15)19-12-8-6-11(7-9-12)14(17)18-5/h6-9,13H,10H2,1-5H3. The maximum atomic E-state index is 11.4. The third kappa shape index (κ3) is 3.12. The van der Waals surface area contributed by atoms with Crippen molar-refractivity contribution in [1.29, 1.82) is 0 Å². The number of benzene rings is 1. The normalized spacial score (nSPS) is 23.4. The maximum Gasteiger partial charge on any atom is 0.337 e. The fourth-order valence-corrected chi connectivity index (χ4v) is 2.65. The fraction of sp³-hybridized carbons (Fsp3) is 0.562. The Bertz CT molecular complexity index is 488. The van der Waals surface area contributed by atoms with Crippen LogP contribution in [0.25, 0.3) is 0 Å². The van der Waals surface area contributed by atoms with Crippen molar-refractivity contribution >= 4 is 5.97 Å². The van der Waals surface area contributed by atoms with Crippen molar-refractivity contribution in [2.45, 2.75) is 51.4 Å². The van der Waals surface area contributed by atoms with Gasteiger partial charge in [0, 0.05) is 6.42 Å². The van der Waals surface area contributed by atoms with Gasteiger partial charge in [-0.3, -0.25) is 0 Å². The van der Waals surface area contributed by atoms with Gasteiger partial charge in [0.05, 0.1) is 18.3 Å². The molecule has 0 aromatic heterocycles. The molecule has 0 N–H and O–H groups in total. The molecule has 0 aliphatic carbocycles. The van der Waals surface area contributed by atoms with Gasteiger partial charge in [0.25, 0.3) is 0 Å². The molecule has 1 fully saturated rings. The molecule has 1 aliphatic heterocycles. The molecule has 20 heavy (non-hydrogen) atoms. The Morgan fingerprint density at radius 2 is 1.80 bits per heavy atom. The minimum atomic E-state index is -0.345. The van der Waals surface area contributed by atoms with E-state index in [0.717, 1.165) is 12.2 Å². The number of esters is 1. The van der Waals surface area contributed by atoms with Crippen LogP contribution in [0.2, 0.25) is 0 Å². The van der Waals surface area contributed by atoms with E-state index in [9.17, 15) is 4.79 Å². The van der Waals surface area contributed by atoms with Crippen LogP contribution in [0, 0.1) is 0 Å². The van der Waals surface area contributed by atoms with E-state index < -0.39 is 0 Å². The van der Waals surface area contributed by atoms with Crippen LogP contribution in [-0.2, 0) is 9.47 Å². The van der Waals surface area contributed by atoms with E-state index in [4.69, 9.17) is 9.47 Å². The number of rotatable bonds is 3. The van der Waals surface area contributed by atoms with Crippen molar-refractivity contribution in [2.75, 3.05) is 7.11 Å². The quantitative estimate of drug-likeness (QED) is 0.796. The topological polar surface area (TPSA) is 44.8 Å². The van der Waals surface area contributed by atoms with Gasteiger partial charge in [-0.15, -0.1) is 0 Å². The molecule has 2 rings (SSSR count). The molecule has 0 spiro atoms. The van der Waals surface area contributed by atoms with Gasteiger partial charge in [0.1, 0.15) is 17.5 Å². The molecule has 1 atom stereocenters. The Balaban J connectivity index is 2.09. The molecule has 110 valence electrons. The summed E-state index contributed by atoms with van der Waals surface area (Å²) in [7, 11) is 1.37. The summed E-state index contributed by atoms with van der Waals surface area (Å²) in [6, 6.07) is 6.98. The summed E-state index contributed by atoms with van der Waals surface area (Å²) in [6.45, 7) is 8.21. The monoisotopic (exact) mass is 278 g/mol. The number of carbonyl (C=O) groups is 1. The molecule has 1 unspecified atom stereocenters. The lowest BCUT2D eigenvalue weighted by Gasteiger charge is -2.27. The van der Waals surface area contributed by atoms with Gasteiger partial charge in [-0.05, 0) is 52.0 Å². The van der Waals surface area contributed by atoms with E-state index in [1.165, 1.54) is 7.11 Å². The van der Waals surface area contributed by atoms with Crippen molar-refractivity contribution in [1.82, 2.24) is 0 Å². The van der Waals surface area contributed by atoms with Crippen LogP contribution in [0.1, 0.15) is 44.5 Å². The van der Waals surface area contributed by atoms with E-state index in [0.29, 0.717) is 5.56 Å². The minimum absolute atomic E-state index is 0.0125. The van der Waals surface area contributed by atoms with Crippen molar-refractivity contribution < 1.29 is 19.0 Å². The Morgan fingerprint density at radius 1 is 1.20 bits per heavy atom. The second kappa shape index (κ2) is 5.09. The van der Waals surface area contributed by atoms with Gasteiger partial charge in [-0.25, -0.2) is 4.79 Å². The first-order chi connectivity index (χ1) is 9.23. The predicted octanol–water partition coefficient (Wildman–Crippen LogP) is 3.20. The van der Waals surface area contributed by atoms with Crippen LogP contribution >= 0.6 is 0 Å². The second-order valence-corrected chi connectivity index (χ2v) is 6.29. The number of ether oxygens (including phenoxy) is 3. The van der Waals surface area contributed by atoms with Gasteiger partial charge >= 0.3 is 5.97 Å². The average Bonchev–Trinajstić information content (AvgIpc) is 2.57. The summed E-state index contributed by atoms with van der Waals surface area (Å²) < 4.78 is 16.7. The molecule has 0 saturated carbocycles. The van der Waals surface area contributed by atoms with E-state index in [1.54, 1.807) is 24.3 Å². The number of carbonyl (C=O) groups excluding carboxylic acids is 1. The third-order valence-corrected chi connectivity index (χ3v) is 3.55. The highest BCUT2D eigenvalue weighted by atomic mass is 16.6. The van der Waals surface area contributed by atoms with Crippen molar-refractivity contribution in [3.05, 3.63) is 29.8 Å². The average molecular weight is 278 g/mol. The zero-order valence-electron chi connectivity index (χ0n) is 12.7. The van der Waals surface area contributed by atoms with Crippen LogP contribution in [0.3, 0.4) is 0 Å².